The predicted molar refractivity (Wildman–Crippen MR) is 96.2 cm³/mol. The molecule has 0 bridgehead atoms. The van der Waals surface area contributed by atoms with E-state index in [-0.39, 0.29) is 12.4 Å². The van der Waals surface area contributed by atoms with Crippen LogP contribution in [0.5, 0.6) is 0 Å². The van der Waals surface area contributed by atoms with Crippen LogP contribution in [-0.4, -0.2) is 37.2 Å². The van der Waals surface area contributed by atoms with Crippen molar-refractivity contribution in [3.05, 3.63) is 57.5 Å². The summed E-state index contributed by atoms with van der Waals surface area (Å²) in [6.45, 7) is -0.646. The van der Waals surface area contributed by atoms with Crippen molar-refractivity contribution in [1.29, 1.82) is 0 Å². The largest absolute Gasteiger partial charge is 0.454 e. The van der Waals surface area contributed by atoms with Gasteiger partial charge >= 0.3 is 11.7 Å². The number of anilines is 1. The van der Waals surface area contributed by atoms with Crippen molar-refractivity contribution in [3.63, 3.8) is 0 Å². The van der Waals surface area contributed by atoms with Gasteiger partial charge in [0.1, 0.15) is 12.4 Å². The van der Waals surface area contributed by atoms with Gasteiger partial charge in [-0.05, 0) is 12.1 Å². The molecule has 0 atom stereocenters. The third kappa shape index (κ3) is 3.78. The van der Waals surface area contributed by atoms with Crippen LogP contribution in [0.4, 0.5) is 5.82 Å². The highest BCUT2D eigenvalue weighted by Gasteiger charge is 2.13. The lowest BCUT2D eigenvalue weighted by Gasteiger charge is -2.11. The molecule has 3 rings (SSSR count). The maximum Gasteiger partial charge on any atom is 0.332 e. The predicted octanol–water partition coefficient (Wildman–Crippen LogP) is -0.384. The van der Waals surface area contributed by atoms with Crippen LogP contribution < -0.4 is 16.6 Å². The zero-order chi connectivity index (χ0) is 19.6. The quantitative estimate of drug-likeness (QED) is 0.611. The van der Waals surface area contributed by atoms with Gasteiger partial charge in [-0.15, -0.1) is 0 Å². The Kier molecular flexibility index (Phi) is 4.88. The highest BCUT2D eigenvalue weighted by molar-refractivity contribution is 5.92. The van der Waals surface area contributed by atoms with E-state index in [1.54, 1.807) is 4.57 Å². The maximum absolute atomic E-state index is 12.0. The minimum Gasteiger partial charge on any atom is -0.454 e. The number of hydrogen-bond donors (Lipinski definition) is 1. The Hall–Kier alpha value is -3.69. The fraction of sp³-hybridized carbons (Fsp3) is 0.235. The summed E-state index contributed by atoms with van der Waals surface area (Å²) >= 11 is 0. The van der Waals surface area contributed by atoms with Gasteiger partial charge in [0.15, 0.2) is 6.61 Å². The first-order chi connectivity index (χ1) is 12.9. The SMILES string of the molecule is Cn1c(NC(=O)COC(=O)Cn2cnc3ccccc32)cc(=O)n(C)c1=O. The van der Waals surface area contributed by atoms with E-state index >= 15 is 0 Å². The molecule has 10 heteroatoms. The first-order valence-corrected chi connectivity index (χ1v) is 7.99. The van der Waals surface area contributed by atoms with Gasteiger partial charge in [-0.3, -0.25) is 23.5 Å². The first kappa shape index (κ1) is 18.1. The Morgan fingerprint density at radius 1 is 1.15 bits per heavy atom. The number of rotatable bonds is 5. The van der Waals surface area contributed by atoms with Gasteiger partial charge in [0.2, 0.25) is 0 Å². The molecule has 0 aliphatic heterocycles. The lowest BCUT2D eigenvalue weighted by Crippen LogP contribution is -2.38. The number of carbonyl (C=O) groups excluding carboxylic acids is 2. The van der Waals surface area contributed by atoms with Gasteiger partial charge in [-0.1, -0.05) is 12.1 Å². The monoisotopic (exact) mass is 371 g/mol. The second-order valence-electron chi connectivity index (χ2n) is 5.84. The molecule has 0 spiro atoms. The molecule has 1 amide bonds. The molecule has 2 aromatic heterocycles. The van der Waals surface area contributed by atoms with Gasteiger partial charge in [0, 0.05) is 20.2 Å². The molecule has 27 heavy (non-hydrogen) atoms. The number of imidazole rings is 1. The zero-order valence-electron chi connectivity index (χ0n) is 14.7. The topological polar surface area (TPSA) is 117 Å². The number of nitrogens with zero attached hydrogens (tertiary/aromatic N) is 4. The Balaban J connectivity index is 1.60. The number of nitrogens with one attached hydrogen (secondary N) is 1. The summed E-state index contributed by atoms with van der Waals surface area (Å²) in [5.41, 5.74) is 0.378. The Morgan fingerprint density at radius 2 is 1.89 bits per heavy atom. The average Bonchev–Trinajstić information content (AvgIpc) is 3.06. The van der Waals surface area contributed by atoms with E-state index in [0.29, 0.717) is 0 Å². The molecule has 0 saturated carbocycles. The van der Waals surface area contributed by atoms with Crippen LogP contribution in [0.1, 0.15) is 0 Å². The van der Waals surface area contributed by atoms with Crippen molar-refractivity contribution in [2.75, 3.05) is 11.9 Å². The smallest absolute Gasteiger partial charge is 0.332 e. The summed E-state index contributed by atoms with van der Waals surface area (Å²) in [5, 5.41) is 2.38. The molecule has 140 valence electrons. The van der Waals surface area contributed by atoms with E-state index in [2.05, 4.69) is 10.3 Å². The Bertz CT molecular complexity index is 1140. The number of para-hydroxylation sites is 2. The van der Waals surface area contributed by atoms with Crippen LogP contribution in [-0.2, 0) is 35.0 Å². The van der Waals surface area contributed by atoms with Crippen molar-refractivity contribution in [1.82, 2.24) is 18.7 Å². The lowest BCUT2D eigenvalue weighted by atomic mass is 10.3. The molecule has 0 unspecified atom stereocenters. The molecule has 0 saturated heterocycles. The number of carbonyl (C=O) groups is 2. The number of hydrogen-bond acceptors (Lipinski definition) is 6. The summed E-state index contributed by atoms with van der Waals surface area (Å²) in [6, 6.07) is 8.41. The summed E-state index contributed by atoms with van der Waals surface area (Å²) < 4.78 is 8.58. The molecule has 10 nitrogen and oxygen atoms in total. The first-order valence-electron chi connectivity index (χ1n) is 7.99. The summed E-state index contributed by atoms with van der Waals surface area (Å²) in [6.07, 6.45) is 1.52. The van der Waals surface area contributed by atoms with E-state index in [1.807, 2.05) is 24.3 Å². The summed E-state index contributed by atoms with van der Waals surface area (Å²) in [7, 11) is 2.74. The van der Waals surface area contributed by atoms with E-state index in [0.717, 1.165) is 26.2 Å². The van der Waals surface area contributed by atoms with Gasteiger partial charge < -0.3 is 14.6 Å². The molecule has 3 aromatic rings. The van der Waals surface area contributed by atoms with Crippen LogP contribution in [0.2, 0.25) is 0 Å². The second-order valence-corrected chi connectivity index (χ2v) is 5.84. The van der Waals surface area contributed by atoms with Gasteiger partial charge in [0.25, 0.3) is 11.5 Å². The molecular weight excluding hydrogens is 354 g/mol. The number of ether oxygens (including phenoxy) is 1. The second kappa shape index (κ2) is 7.28. The maximum atomic E-state index is 12.0. The van der Waals surface area contributed by atoms with E-state index in [4.69, 9.17) is 4.74 Å². The van der Waals surface area contributed by atoms with Crippen LogP contribution in [0.3, 0.4) is 0 Å². The molecular formula is C17H17N5O5. The molecule has 0 aliphatic rings. The molecule has 0 radical (unpaired) electrons. The van der Waals surface area contributed by atoms with Crippen molar-refractivity contribution in [2.45, 2.75) is 6.54 Å². The molecule has 0 fully saturated rings. The molecule has 2 heterocycles. The molecule has 0 aliphatic carbocycles. The fourth-order valence-corrected chi connectivity index (χ4v) is 2.50. The fourth-order valence-electron chi connectivity index (χ4n) is 2.50. The normalized spacial score (nSPS) is 10.7. The average molecular weight is 371 g/mol. The number of fused-ring (bicyclic) bond motifs is 1. The van der Waals surface area contributed by atoms with Crippen LogP contribution in [0.15, 0.2) is 46.2 Å². The number of aromatic nitrogens is 4. The third-order valence-corrected chi connectivity index (χ3v) is 3.98. The molecule has 1 aromatic carbocycles. The molecule has 1 N–H and O–H groups in total. The Labute approximate surface area is 152 Å². The lowest BCUT2D eigenvalue weighted by molar-refractivity contribution is -0.147. The minimum absolute atomic E-state index is 0.0183. The highest BCUT2D eigenvalue weighted by atomic mass is 16.5. The summed E-state index contributed by atoms with van der Waals surface area (Å²) in [4.78, 5) is 51.6. The highest BCUT2D eigenvalue weighted by Crippen LogP contribution is 2.11. The number of benzene rings is 1. The van der Waals surface area contributed by atoms with Crippen molar-refractivity contribution >= 4 is 28.7 Å². The van der Waals surface area contributed by atoms with E-state index < -0.39 is 29.7 Å². The number of amides is 1. The van der Waals surface area contributed by atoms with Crippen LogP contribution >= 0.6 is 0 Å². The Morgan fingerprint density at radius 3 is 2.67 bits per heavy atom. The van der Waals surface area contributed by atoms with Crippen LogP contribution in [0.25, 0.3) is 11.0 Å². The van der Waals surface area contributed by atoms with Gasteiger partial charge in [-0.25, -0.2) is 9.78 Å². The third-order valence-electron chi connectivity index (χ3n) is 3.98. The van der Waals surface area contributed by atoms with Gasteiger partial charge in [0.05, 0.1) is 17.4 Å². The zero-order valence-corrected chi connectivity index (χ0v) is 14.7. The number of esters is 1. The minimum atomic E-state index is -0.665. The standard InChI is InChI=1S/C17H17N5O5/c1-20-13(7-15(24)21(2)17(20)26)19-14(23)9-27-16(25)8-22-10-18-11-5-3-4-6-12(11)22/h3-7,10H,8-9H2,1-2H3,(H,19,23). The van der Waals surface area contributed by atoms with E-state index in [1.165, 1.54) is 20.4 Å². The summed E-state index contributed by atoms with van der Waals surface area (Å²) in [5.74, 6) is -1.27. The van der Waals surface area contributed by atoms with Crippen molar-refractivity contribution in [2.24, 2.45) is 14.1 Å². The van der Waals surface area contributed by atoms with Crippen LogP contribution in [0, 0.1) is 0 Å². The van der Waals surface area contributed by atoms with E-state index in [9.17, 15) is 19.2 Å². The van der Waals surface area contributed by atoms with Crippen molar-refractivity contribution in [3.8, 4) is 0 Å². The van der Waals surface area contributed by atoms with Gasteiger partial charge in [-0.2, -0.15) is 0 Å². The van der Waals surface area contributed by atoms with Crippen molar-refractivity contribution < 1.29 is 14.3 Å².